The molecule has 2 rings (SSSR count). The highest BCUT2D eigenvalue weighted by molar-refractivity contribution is 9.10. The quantitative estimate of drug-likeness (QED) is 0.811. The van der Waals surface area contributed by atoms with Crippen LogP contribution in [-0.4, -0.2) is 25.7 Å². The Labute approximate surface area is 98.6 Å². The second-order valence-electron chi connectivity index (χ2n) is 2.92. The van der Waals surface area contributed by atoms with Crippen LogP contribution in [0, 0.1) is 0 Å². The number of primary amides is 1. The van der Waals surface area contributed by atoms with Gasteiger partial charge in [-0.15, -0.1) is 5.10 Å². The highest BCUT2D eigenvalue weighted by Crippen LogP contribution is 2.13. The number of amides is 1. The molecular formula is C8H7BrN6O. The fourth-order valence-electron chi connectivity index (χ4n) is 1.11. The lowest BCUT2D eigenvalue weighted by atomic mass is 10.3. The van der Waals surface area contributed by atoms with Gasteiger partial charge < -0.3 is 11.5 Å². The predicted molar refractivity (Wildman–Crippen MR) is 59.8 cm³/mol. The molecule has 0 radical (unpaired) electrons. The van der Waals surface area contributed by atoms with Crippen molar-refractivity contribution < 1.29 is 4.79 Å². The van der Waals surface area contributed by atoms with E-state index in [1.807, 2.05) is 0 Å². The summed E-state index contributed by atoms with van der Waals surface area (Å²) in [6.07, 6.45) is 1.36. The molecule has 16 heavy (non-hydrogen) atoms. The number of hydrogen-bond donors (Lipinski definition) is 2. The number of pyridine rings is 1. The van der Waals surface area contributed by atoms with Gasteiger partial charge in [0.2, 0.25) is 16.6 Å². The van der Waals surface area contributed by atoms with E-state index in [0.717, 1.165) is 0 Å². The predicted octanol–water partition coefficient (Wildman–Crippen LogP) is 0.106. The molecule has 0 fully saturated rings. The van der Waals surface area contributed by atoms with E-state index >= 15 is 0 Å². The van der Waals surface area contributed by atoms with Crippen LogP contribution in [0.3, 0.4) is 0 Å². The van der Waals surface area contributed by atoms with Crippen LogP contribution in [0.4, 0.5) is 5.95 Å². The van der Waals surface area contributed by atoms with Crippen molar-refractivity contribution in [3.63, 3.8) is 0 Å². The van der Waals surface area contributed by atoms with Gasteiger partial charge in [0, 0.05) is 6.20 Å². The summed E-state index contributed by atoms with van der Waals surface area (Å²) in [5.41, 5.74) is 10.8. The van der Waals surface area contributed by atoms with Crippen LogP contribution in [0.25, 0.3) is 5.82 Å². The van der Waals surface area contributed by atoms with Crippen molar-refractivity contribution in [3.05, 3.63) is 28.6 Å². The molecule has 1 amide bonds. The molecule has 82 valence electrons. The SMILES string of the molecule is NC(=O)c1ccc(-n2nc(N)nc2Br)nc1. The molecule has 8 heteroatoms. The second-order valence-corrected chi connectivity index (χ2v) is 3.63. The summed E-state index contributed by atoms with van der Waals surface area (Å²) in [6.45, 7) is 0. The van der Waals surface area contributed by atoms with Gasteiger partial charge in [-0.3, -0.25) is 4.79 Å². The van der Waals surface area contributed by atoms with Crippen molar-refractivity contribution in [2.75, 3.05) is 5.73 Å². The number of hydrogen-bond acceptors (Lipinski definition) is 5. The Morgan fingerprint density at radius 3 is 2.62 bits per heavy atom. The lowest BCUT2D eigenvalue weighted by Gasteiger charge is -2.00. The minimum absolute atomic E-state index is 0.132. The molecule has 0 bridgehead atoms. The van der Waals surface area contributed by atoms with Crippen LogP contribution in [0.5, 0.6) is 0 Å². The van der Waals surface area contributed by atoms with Crippen molar-refractivity contribution in [1.82, 2.24) is 19.7 Å². The number of carbonyl (C=O) groups is 1. The summed E-state index contributed by atoms with van der Waals surface area (Å²) in [5, 5.41) is 3.91. The highest BCUT2D eigenvalue weighted by Gasteiger charge is 2.08. The second kappa shape index (κ2) is 3.89. The van der Waals surface area contributed by atoms with E-state index in [-0.39, 0.29) is 5.95 Å². The summed E-state index contributed by atoms with van der Waals surface area (Å²) in [5.74, 6) is 0.0879. The normalized spacial score (nSPS) is 10.3. The van der Waals surface area contributed by atoms with Gasteiger partial charge >= 0.3 is 0 Å². The first kappa shape index (κ1) is 10.6. The van der Waals surface area contributed by atoms with Gasteiger partial charge in [-0.2, -0.15) is 9.67 Å². The third-order valence-electron chi connectivity index (χ3n) is 1.83. The zero-order valence-electron chi connectivity index (χ0n) is 7.96. The van der Waals surface area contributed by atoms with E-state index in [0.29, 0.717) is 16.1 Å². The highest BCUT2D eigenvalue weighted by atomic mass is 79.9. The molecule has 0 saturated heterocycles. The van der Waals surface area contributed by atoms with Crippen LogP contribution < -0.4 is 11.5 Å². The Morgan fingerprint density at radius 2 is 2.19 bits per heavy atom. The number of carbonyl (C=O) groups excluding carboxylic acids is 1. The number of aromatic nitrogens is 4. The minimum atomic E-state index is -0.531. The Kier molecular flexibility index (Phi) is 2.57. The van der Waals surface area contributed by atoms with Crippen molar-refractivity contribution in [3.8, 4) is 5.82 Å². The summed E-state index contributed by atoms with van der Waals surface area (Å²) < 4.78 is 1.84. The molecule has 0 aliphatic rings. The van der Waals surface area contributed by atoms with Gasteiger partial charge in [0.25, 0.3) is 0 Å². The average Bonchev–Trinajstić information content (AvgIpc) is 2.58. The monoisotopic (exact) mass is 282 g/mol. The van der Waals surface area contributed by atoms with E-state index in [9.17, 15) is 4.79 Å². The van der Waals surface area contributed by atoms with E-state index < -0.39 is 5.91 Å². The van der Waals surface area contributed by atoms with Gasteiger partial charge in [-0.25, -0.2) is 4.98 Å². The van der Waals surface area contributed by atoms with E-state index in [1.54, 1.807) is 12.1 Å². The van der Waals surface area contributed by atoms with Crippen LogP contribution in [-0.2, 0) is 0 Å². The van der Waals surface area contributed by atoms with E-state index in [1.165, 1.54) is 10.9 Å². The average molecular weight is 283 g/mol. The van der Waals surface area contributed by atoms with Crippen molar-refractivity contribution in [2.45, 2.75) is 0 Å². The lowest BCUT2D eigenvalue weighted by Crippen LogP contribution is -2.11. The van der Waals surface area contributed by atoms with Crippen molar-refractivity contribution >= 4 is 27.8 Å². The van der Waals surface area contributed by atoms with E-state index in [4.69, 9.17) is 11.5 Å². The largest absolute Gasteiger partial charge is 0.366 e. The Morgan fingerprint density at radius 1 is 1.44 bits per heavy atom. The third kappa shape index (κ3) is 1.87. The Hall–Kier alpha value is -1.96. The molecule has 4 N–H and O–H groups in total. The fraction of sp³-hybridized carbons (Fsp3) is 0. The van der Waals surface area contributed by atoms with Crippen LogP contribution in [0.2, 0.25) is 0 Å². The maximum Gasteiger partial charge on any atom is 0.250 e. The minimum Gasteiger partial charge on any atom is -0.366 e. The van der Waals surface area contributed by atoms with Gasteiger partial charge in [0.1, 0.15) is 0 Å². The smallest absolute Gasteiger partial charge is 0.250 e. The van der Waals surface area contributed by atoms with Crippen molar-refractivity contribution in [2.24, 2.45) is 5.73 Å². The molecule has 0 saturated carbocycles. The first-order valence-electron chi connectivity index (χ1n) is 4.22. The first-order chi connectivity index (χ1) is 7.58. The third-order valence-corrected chi connectivity index (χ3v) is 2.35. The summed E-state index contributed by atoms with van der Waals surface area (Å²) in [4.78, 5) is 18.7. The van der Waals surface area contributed by atoms with Crippen LogP contribution >= 0.6 is 15.9 Å². The molecule has 7 nitrogen and oxygen atoms in total. The van der Waals surface area contributed by atoms with Gasteiger partial charge in [-0.1, -0.05) is 0 Å². The molecule has 0 aliphatic carbocycles. The number of nitrogens with zero attached hydrogens (tertiary/aromatic N) is 4. The molecular weight excluding hydrogens is 276 g/mol. The molecule has 0 unspecified atom stereocenters. The van der Waals surface area contributed by atoms with Gasteiger partial charge in [0.05, 0.1) is 5.56 Å². The Bertz CT molecular complexity index is 534. The number of halogens is 1. The summed E-state index contributed by atoms with van der Waals surface area (Å²) in [6, 6.07) is 3.15. The maximum absolute atomic E-state index is 10.8. The summed E-state index contributed by atoms with van der Waals surface area (Å²) in [7, 11) is 0. The number of anilines is 1. The zero-order chi connectivity index (χ0) is 11.7. The Balaban J connectivity index is 2.42. The number of nitrogen functional groups attached to an aromatic ring is 1. The lowest BCUT2D eigenvalue weighted by molar-refractivity contribution is 0.1000. The standard InChI is InChI=1S/C8H7BrN6O/c9-7-13-8(11)14-15(7)5-2-1-4(3-12-5)6(10)16/h1-3H,(H2,10,16)(H2,11,14). The molecule has 0 aromatic carbocycles. The maximum atomic E-state index is 10.8. The number of nitrogens with two attached hydrogens (primary N) is 2. The van der Waals surface area contributed by atoms with Crippen LogP contribution in [0.1, 0.15) is 10.4 Å². The molecule has 2 heterocycles. The molecule has 0 spiro atoms. The molecule has 0 aliphatic heterocycles. The van der Waals surface area contributed by atoms with E-state index in [2.05, 4.69) is 31.0 Å². The molecule has 0 atom stereocenters. The fourth-order valence-corrected chi connectivity index (χ4v) is 1.55. The van der Waals surface area contributed by atoms with Crippen molar-refractivity contribution in [1.29, 1.82) is 0 Å². The summed E-state index contributed by atoms with van der Waals surface area (Å²) >= 11 is 3.18. The van der Waals surface area contributed by atoms with Gasteiger partial charge in [-0.05, 0) is 28.1 Å². The van der Waals surface area contributed by atoms with Gasteiger partial charge in [0.15, 0.2) is 5.82 Å². The van der Waals surface area contributed by atoms with Crippen LogP contribution in [0.15, 0.2) is 23.1 Å². The number of rotatable bonds is 2. The molecule has 2 aromatic heterocycles. The first-order valence-corrected chi connectivity index (χ1v) is 5.01. The zero-order valence-corrected chi connectivity index (χ0v) is 9.55. The topological polar surface area (TPSA) is 113 Å². The molecule has 2 aromatic rings.